The maximum Gasteiger partial charge on any atom is 0.260 e. The first-order valence-electron chi connectivity index (χ1n) is 10.0. The summed E-state index contributed by atoms with van der Waals surface area (Å²) >= 11 is 3.41. The third-order valence-corrected chi connectivity index (χ3v) is 6.43. The Hall–Kier alpha value is -1.07. The highest BCUT2D eigenvalue weighted by Gasteiger charge is 2.38. The van der Waals surface area contributed by atoms with Gasteiger partial charge >= 0.3 is 0 Å². The van der Waals surface area contributed by atoms with Gasteiger partial charge in [-0.3, -0.25) is 9.69 Å². The lowest BCUT2D eigenvalue weighted by Crippen LogP contribution is -2.58. The molecule has 5 heteroatoms. The fourth-order valence-corrected chi connectivity index (χ4v) is 4.61. The van der Waals surface area contributed by atoms with Crippen LogP contribution in [0.1, 0.15) is 58.3 Å². The van der Waals surface area contributed by atoms with Crippen molar-refractivity contribution >= 4 is 21.8 Å². The molecule has 2 fully saturated rings. The Labute approximate surface area is 165 Å². The molecule has 144 valence electrons. The van der Waals surface area contributed by atoms with E-state index in [1.165, 1.54) is 64.5 Å². The number of carbonyl (C=O) groups is 1. The van der Waals surface area contributed by atoms with Crippen molar-refractivity contribution in [2.75, 3.05) is 19.6 Å². The number of ether oxygens (including phenoxy) is 1. The number of benzene rings is 1. The highest BCUT2D eigenvalue weighted by atomic mass is 79.9. The van der Waals surface area contributed by atoms with Gasteiger partial charge in [0.2, 0.25) is 0 Å². The monoisotopic (exact) mass is 422 g/mol. The third-order valence-electron chi connectivity index (χ3n) is 5.90. The van der Waals surface area contributed by atoms with Crippen LogP contribution in [0.4, 0.5) is 0 Å². The lowest BCUT2D eigenvalue weighted by atomic mass is 9.79. The number of likely N-dealkylation sites (tertiary alicyclic amines) is 1. The maximum absolute atomic E-state index is 12.6. The molecule has 1 aliphatic heterocycles. The fraction of sp³-hybridized carbons (Fsp3) is 0.667. The van der Waals surface area contributed by atoms with Crippen LogP contribution in [0.3, 0.4) is 0 Å². The zero-order valence-electron chi connectivity index (χ0n) is 15.8. The van der Waals surface area contributed by atoms with Gasteiger partial charge < -0.3 is 10.1 Å². The van der Waals surface area contributed by atoms with Crippen LogP contribution in [0.5, 0.6) is 5.75 Å². The van der Waals surface area contributed by atoms with Crippen LogP contribution in [0, 0.1) is 0 Å². The number of hydrogen-bond acceptors (Lipinski definition) is 3. The Bertz CT molecular complexity index is 578. The molecule has 1 amide bonds. The van der Waals surface area contributed by atoms with Crippen LogP contribution >= 0.6 is 15.9 Å². The molecule has 26 heavy (non-hydrogen) atoms. The lowest BCUT2D eigenvalue weighted by molar-refractivity contribution is -0.128. The van der Waals surface area contributed by atoms with Gasteiger partial charge in [-0.05, 0) is 70.0 Å². The van der Waals surface area contributed by atoms with E-state index in [1.807, 2.05) is 31.2 Å². The predicted molar refractivity (Wildman–Crippen MR) is 108 cm³/mol. The average Bonchev–Trinajstić information content (AvgIpc) is 2.69. The molecule has 4 nitrogen and oxygen atoms in total. The molecule has 1 aromatic rings. The molecular formula is C21H31BrN2O2. The van der Waals surface area contributed by atoms with E-state index in [0.717, 1.165) is 16.8 Å². The molecule has 1 aromatic carbocycles. The maximum atomic E-state index is 12.6. The normalized spacial score (nSPS) is 21.8. The third kappa shape index (κ3) is 5.01. The predicted octanol–water partition coefficient (Wildman–Crippen LogP) is 4.52. The van der Waals surface area contributed by atoms with Crippen LogP contribution in [0.2, 0.25) is 0 Å². The van der Waals surface area contributed by atoms with Crippen molar-refractivity contribution in [3.05, 3.63) is 28.7 Å². The SMILES string of the molecule is C[C@@H](Oc1ccc(Br)cc1)C(=O)NCC1(N2CCCCC2)CCCCC1. The Kier molecular flexibility index (Phi) is 6.98. The first-order valence-corrected chi connectivity index (χ1v) is 10.8. The van der Waals surface area contributed by atoms with Crippen molar-refractivity contribution in [1.29, 1.82) is 0 Å². The van der Waals surface area contributed by atoms with Gasteiger partial charge in [0.25, 0.3) is 5.91 Å². The van der Waals surface area contributed by atoms with E-state index in [1.54, 1.807) is 0 Å². The number of nitrogens with zero attached hydrogens (tertiary/aromatic N) is 1. The molecular weight excluding hydrogens is 392 g/mol. The molecule has 0 unspecified atom stereocenters. The zero-order valence-corrected chi connectivity index (χ0v) is 17.4. The summed E-state index contributed by atoms with van der Waals surface area (Å²) in [6.07, 6.45) is 9.72. The number of amides is 1. The van der Waals surface area contributed by atoms with E-state index in [0.29, 0.717) is 0 Å². The molecule has 1 saturated heterocycles. The van der Waals surface area contributed by atoms with Gasteiger partial charge in [-0.2, -0.15) is 0 Å². The quantitative estimate of drug-likeness (QED) is 0.732. The Balaban J connectivity index is 1.57. The van der Waals surface area contributed by atoms with Crippen molar-refractivity contribution < 1.29 is 9.53 Å². The van der Waals surface area contributed by atoms with E-state index in [9.17, 15) is 4.79 Å². The molecule has 1 atom stereocenters. The highest BCUT2D eigenvalue weighted by Crippen LogP contribution is 2.35. The number of carbonyl (C=O) groups excluding carboxylic acids is 1. The van der Waals surface area contributed by atoms with Gasteiger partial charge in [0.05, 0.1) is 0 Å². The second kappa shape index (κ2) is 9.23. The second-order valence-corrected chi connectivity index (χ2v) is 8.68. The van der Waals surface area contributed by atoms with Crippen LogP contribution in [0.25, 0.3) is 0 Å². The van der Waals surface area contributed by atoms with Gasteiger partial charge in [0.1, 0.15) is 5.75 Å². The molecule has 0 spiro atoms. The van der Waals surface area contributed by atoms with Crippen molar-refractivity contribution in [3.63, 3.8) is 0 Å². The first-order chi connectivity index (χ1) is 12.6. The van der Waals surface area contributed by atoms with Crippen LogP contribution in [0.15, 0.2) is 28.7 Å². The summed E-state index contributed by atoms with van der Waals surface area (Å²) in [4.78, 5) is 15.3. The van der Waals surface area contributed by atoms with Gasteiger partial charge in [-0.15, -0.1) is 0 Å². The number of halogens is 1. The summed E-state index contributed by atoms with van der Waals surface area (Å²) in [6, 6.07) is 7.61. The van der Waals surface area contributed by atoms with Gasteiger partial charge in [-0.1, -0.05) is 41.6 Å². The standard InChI is InChI=1S/C21H31BrN2O2/c1-17(26-19-10-8-18(22)9-11-19)20(25)23-16-21(12-4-2-5-13-21)24-14-6-3-7-15-24/h8-11,17H,2-7,12-16H2,1H3,(H,23,25)/t17-/m1/s1. The van der Waals surface area contributed by atoms with E-state index in [4.69, 9.17) is 4.74 Å². The van der Waals surface area contributed by atoms with E-state index >= 15 is 0 Å². The van der Waals surface area contributed by atoms with E-state index in [-0.39, 0.29) is 11.4 Å². The lowest BCUT2D eigenvalue weighted by Gasteiger charge is -2.48. The smallest absolute Gasteiger partial charge is 0.260 e. The number of piperidine rings is 1. The minimum atomic E-state index is -0.488. The van der Waals surface area contributed by atoms with Crippen molar-refractivity contribution in [1.82, 2.24) is 10.2 Å². The minimum absolute atomic E-state index is 0.0186. The Morgan fingerprint density at radius 2 is 1.73 bits per heavy atom. The molecule has 2 aliphatic rings. The molecule has 0 bridgehead atoms. The molecule has 0 aromatic heterocycles. The van der Waals surface area contributed by atoms with E-state index < -0.39 is 6.10 Å². The topological polar surface area (TPSA) is 41.6 Å². The van der Waals surface area contributed by atoms with Crippen molar-refractivity contribution in [2.45, 2.75) is 69.9 Å². The van der Waals surface area contributed by atoms with Crippen LogP contribution < -0.4 is 10.1 Å². The van der Waals surface area contributed by atoms with Gasteiger partial charge in [0.15, 0.2) is 6.10 Å². The zero-order chi connectivity index (χ0) is 18.4. The van der Waals surface area contributed by atoms with Crippen LogP contribution in [-0.4, -0.2) is 42.1 Å². The number of hydrogen-bond donors (Lipinski definition) is 1. The fourth-order valence-electron chi connectivity index (χ4n) is 4.35. The summed E-state index contributed by atoms with van der Waals surface area (Å²) in [5.74, 6) is 0.703. The summed E-state index contributed by atoms with van der Waals surface area (Å²) < 4.78 is 6.81. The summed E-state index contributed by atoms with van der Waals surface area (Å²) in [5, 5.41) is 3.21. The number of rotatable bonds is 6. The summed E-state index contributed by atoms with van der Waals surface area (Å²) in [7, 11) is 0. The molecule has 1 heterocycles. The van der Waals surface area contributed by atoms with Gasteiger partial charge in [0, 0.05) is 16.6 Å². The van der Waals surface area contributed by atoms with Crippen molar-refractivity contribution in [3.8, 4) is 5.75 Å². The molecule has 3 rings (SSSR count). The second-order valence-electron chi connectivity index (χ2n) is 7.76. The van der Waals surface area contributed by atoms with Crippen molar-refractivity contribution in [2.24, 2.45) is 0 Å². The highest BCUT2D eigenvalue weighted by molar-refractivity contribution is 9.10. The summed E-state index contributed by atoms with van der Waals surface area (Å²) in [6.45, 7) is 4.94. The molecule has 1 N–H and O–H groups in total. The Morgan fingerprint density at radius 1 is 1.12 bits per heavy atom. The number of nitrogens with one attached hydrogen (secondary N) is 1. The van der Waals surface area contributed by atoms with E-state index in [2.05, 4.69) is 26.1 Å². The largest absolute Gasteiger partial charge is 0.481 e. The average molecular weight is 423 g/mol. The minimum Gasteiger partial charge on any atom is -0.481 e. The molecule has 1 aliphatic carbocycles. The van der Waals surface area contributed by atoms with Gasteiger partial charge in [-0.25, -0.2) is 0 Å². The molecule has 0 radical (unpaired) electrons. The van der Waals surface area contributed by atoms with Crippen LogP contribution in [-0.2, 0) is 4.79 Å². The summed E-state index contributed by atoms with van der Waals surface area (Å²) in [5.41, 5.74) is 0.158. The molecule has 1 saturated carbocycles. The first kappa shape index (κ1) is 19.7. The Morgan fingerprint density at radius 3 is 2.38 bits per heavy atom.